The number of aliphatic hydroxyl groups is 1. The van der Waals surface area contributed by atoms with Gasteiger partial charge in [0.05, 0.1) is 6.10 Å². The van der Waals surface area contributed by atoms with Gasteiger partial charge in [-0.3, -0.25) is 19.2 Å². The molecule has 2 amide bonds. The molecular formula is C72H139N5O7S2. The van der Waals surface area contributed by atoms with Gasteiger partial charge in [0, 0.05) is 64.0 Å². The summed E-state index contributed by atoms with van der Waals surface area (Å²) in [4.78, 5) is 61.5. The van der Waals surface area contributed by atoms with Crippen LogP contribution in [0, 0.1) is 0 Å². The standard InChI is InChI=1S/C72H139N5O7S2/c1-8-14-18-22-26-27-35-45-58-77(66-67(78)50-40-32-25-21-17-11-4)59-53-69(79)73-68(72(82)74(7)60-61-75(12-5)13-6)54-65-86-85-64-49-46-57-76(55-43-36-30-33-41-51-70(80)83-62-47-38-28-23-19-15-9-2)56-44-37-31-34-42-52-71(81)84-63-48-39-29-24-20-16-10-3/h38-39,47-48,67-68,78H,8-37,40-46,49-66H2,1-7H3,(H,73,79)/b47-38-,48-39-. The van der Waals surface area contributed by atoms with E-state index in [1.54, 1.807) is 0 Å². The molecule has 0 aromatic carbocycles. The number of esters is 2. The lowest BCUT2D eigenvalue weighted by atomic mass is 10.1. The summed E-state index contributed by atoms with van der Waals surface area (Å²) in [6.45, 7) is 22.7. The lowest BCUT2D eigenvalue weighted by molar-refractivity contribution is -0.143. The van der Waals surface area contributed by atoms with Crippen LogP contribution in [0.1, 0.15) is 305 Å². The Bertz CT molecular complexity index is 1520. The molecule has 0 aliphatic heterocycles. The zero-order valence-electron chi connectivity index (χ0n) is 57.4. The molecule has 0 bridgehead atoms. The Morgan fingerprint density at radius 3 is 1.33 bits per heavy atom. The fraction of sp³-hybridized carbons (Fsp3) is 0.889. The summed E-state index contributed by atoms with van der Waals surface area (Å²) in [6.07, 6.45) is 53.0. The van der Waals surface area contributed by atoms with Crippen LogP contribution in [0.5, 0.6) is 0 Å². The van der Waals surface area contributed by atoms with E-state index in [2.05, 4.69) is 73.7 Å². The van der Waals surface area contributed by atoms with Crippen molar-refractivity contribution in [2.75, 3.05) is 97.2 Å². The van der Waals surface area contributed by atoms with Crippen molar-refractivity contribution < 1.29 is 33.8 Å². The highest BCUT2D eigenvalue weighted by Crippen LogP contribution is 2.25. The third-order valence-corrected chi connectivity index (χ3v) is 19.2. The van der Waals surface area contributed by atoms with E-state index in [4.69, 9.17) is 9.47 Å². The van der Waals surface area contributed by atoms with Crippen LogP contribution >= 0.6 is 21.6 Å². The van der Waals surface area contributed by atoms with Gasteiger partial charge in [-0.1, -0.05) is 248 Å². The van der Waals surface area contributed by atoms with E-state index in [1.165, 1.54) is 141 Å². The van der Waals surface area contributed by atoms with Gasteiger partial charge in [0.25, 0.3) is 0 Å². The maximum absolute atomic E-state index is 14.1. The van der Waals surface area contributed by atoms with Gasteiger partial charge in [0.15, 0.2) is 0 Å². The Morgan fingerprint density at radius 2 is 0.837 bits per heavy atom. The first kappa shape index (κ1) is 83.9. The SMILES string of the molecule is CCCCCC/C=C\COC(=O)CCCCCCCN(CCCCCCCC(=O)OC/C=C\CCCCCC)CCCCSSCCC(NC(=O)CCN(CCCCCCCCCC)CC(O)CCCCCCCC)C(=O)N(C)CCN(CC)CC. The van der Waals surface area contributed by atoms with Crippen molar-refractivity contribution in [1.29, 1.82) is 0 Å². The minimum atomic E-state index is -0.567. The van der Waals surface area contributed by atoms with Crippen molar-refractivity contribution in [3.05, 3.63) is 24.3 Å². The number of allylic oxidation sites excluding steroid dienone is 2. The van der Waals surface area contributed by atoms with Crippen LogP contribution in [0.2, 0.25) is 0 Å². The van der Waals surface area contributed by atoms with Crippen molar-refractivity contribution in [3.63, 3.8) is 0 Å². The van der Waals surface area contributed by atoms with Gasteiger partial charge in [0.1, 0.15) is 19.3 Å². The molecule has 0 aromatic heterocycles. The van der Waals surface area contributed by atoms with Gasteiger partial charge >= 0.3 is 11.9 Å². The fourth-order valence-electron chi connectivity index (χ4n) is 10.9. The first-order valence-electron chi connectivity index (χ1n) is 36.3. The second kappa shape index (κ2) is 65.8. The molecule has 86 heavy (non-hydrogen) atoms. The molecule has 0 spiro atoms. The summed E-state index contributed by atoms with van der Waals surface area (Å²) in [5.41, 5.74) is 0. The number of carbonyl (C=O) groups excluding carboxylic acids is 4. The second-order valence-corrected chi connectivity index (χ2v) is 27.4. The predicted molar refractivity (Wildman–Crippen MR) is 373 cm³/mol. The van der Waals surface area contributed by atoms with Crippen LogP contribution < -0.4 is 5.32 Å². The van der Waals surface area contributed by atoms with E-state index in [0.717, 1.165) is 154 Å². The highest BCUT2D eigenvalue weighted by Gasteiger charge is 2.25. The number of unbranched alkanes of at least 4 members (excludes halogenated alkanes) is 29. The lowest BCUT2D eigenvalue weighted by Gasteiger charge is -2.28. The monoisotopic (exact) mass is 1250 g/mol. The van der Waals surface area contributed by atoms with Crippen LogP contribution in [0.4, 0.5) is 0 Å². The van der Waals surface area contributed by atoms with Crippen LogP contribution in [-0.4, -0.2) is 158 Å². The van der Waals surface area contributed by atoms with Crippen molar-refractivity contribution in [2.45, 2.75) is 317 Å². The highest BCUT2D eigenvalue weighted by molar-refractivity contribution is 8.76. The van der Waals surface area contributed by atoms with Crippen LogP contribution in [0.25, 0.3) is 0 Å². The zero-order chi connectivity index (χ0) is 63.0. The Hall–Kier alpha value is -2.10. The third-order valence-electron chi connectivity index (χ3n) is 16.7. The molecule has 0 radical (unpaired) electrons. The highest BCUT2D eigenvalue weighted by atomic mass is 33.1. The topological polar surface area (TPSA) is 132 Å². The van der Waals surface area contributed by atoms with Gasteiger partial charge in [0.2, 0.25) is 11.8 Å². The molecule has 0 rings (SSSR count). The van der Waals surface area contributed by atoms with Crippen LogP contribution in [0.3, 0.4) is 0 Å². The van der Waals surface area contributed by atoms with Crippen molar-refractivity contribution in [2.24, 2.45) is 0 Å². The van der Waals surface area contributed by atoms with Crippen LogP contribution in [-0.2, 0) is 28.7 Å². The van der Waals surface area contributed by atoms with Crippen molar-refractivity contribution >= 4 is 45.3 Å². The molecule has 0 aliphatic carbocycles. The number of ether oxygens (including phenoxy) is 2. The number of amides is 2. The first-order chi connectivity index (χ1) is 42.0. The maximum Gasteiger partial charge on any atom is 0.306 e. The molecule has 2 unspecified atom stereocenters. The summed E-state index contributed by atoms with van der Waals surface area (Å²) < 4.78 is 10.9. The number of hydrogen-bond donors (Lipinski definition) is 2. The number of nitrogens with zero attached hydrogens (tertiary/aromatic N) is 4. The average molecular weight is 1250 g/mol. The molecule has 12 nitrogen and oxygen atoms in total. The third kappa shape index (κ3) is 57.1. The number of hydrogen-bond acceptors (Lipinski definition) is 12. The van der Waals surface area contributed by atoms with Gasteiger partial charge in [-0.25, -0.2) is 0 Å². The van der Waals surface area contributed by atoms with E-state index >= 15 is 0 Å². The molecule has 14 heteroatoms. The first-order valence-corrected chi connectivity index (χ1v) is 38.8. The minimum Gasteiger partial charge on any atom is -0.461 e. The Morgan fingerprint density at radius 1 is 0.419 bits per heavy atom. The van der Waals surface area contributed by atoms with E-state index in [0.29, 0.717) is 58.5 Å². The van der Waals surface area contributed by atoms with E-state index < -0.39 is 6.04 Å². The number of aliphatic hydroxyl groups excluding tert-OH is 1. The Labute approximate surface area is 539 Å². The van der Waals surface area contributed by atoms with Gasteiger partial charge in [-0.2, -0.15) is 0 Å². The van der Waals surface area contributed by atoms with E-state index in [9.17, 15) is 24.3 Å². The number of rotatable bonds is 67. The second-order valence-electron chi connectivity index (χ2n) is 24.7. The molecule has 0 aliphatic rings. The van der Waals surface area contributed by atoms with Crippen LogP contribution in [0.15, 0.2) is 24.3 Å². The molecule has 2 N–H and O–H groups in total. The number of nitrogens with one attached hydrogen (secondary N) is 1. The molecule has 0 aromatic rings. The van der Waals surface area contributed by atoms with Crippen molar-refractivity contribution in [3.8, 4) is 0 Å². The van der Waals surface area contributed by atoms with Crippen molar-refractivity contribution in [1.82, 2.24) is 24.9 Å². The molecule has 506 valence electrons. The summed E-state index contributed by atoms with van der Waals surface area (Å²) in [5.74, 6) is 1.56. The maximum atomic E-state index is 14.1. The average Bonchev–Trinajstić information content (AvgIpc) is 3.71. The van der Waals surface area contributed by atoms with E-state index in [1.807, 2.05) is 45.7 Å². The molecule has 0 saturated heterocycles. The molecule has 0 fully saturated rings. The largest absolute Gasteiger partial charge is 0.461 e. The summed E-state index contributed by atoms with van der Waals surface area (Å²) >= 11 is 0. The summed E-state index contributed by atoms with van der Waals surface area (Å²) in [5, 5.41) is 14.3. The quantitative estimate of drug-likeness (QED) is 0.0260. The van der Waals surface area contributed by atoms with Gasteiger partial charge in [-0.15, -0.1) is 0 Å². The zero-order valence-corrected chi connectivity index (χ0v) is 59.0. The predicted octanol–water partition coefficient (Wildman–Crippen LogP) is 17.9. The van der Waals surface area contributed by atoms with E-state index in [-0.39, 0.29) is 29.9 Å². The smallest absolute Gasteiger partial charge is 0.306 e. The minimum absolute atomic E-state index is 0.0137. The Balaban J connectivity index is 5.33. The molecular weight excluding hydrogens is 1110 g/mol. The lowest BCUT2D eigenvalue weighted by Crippen LogP contribution is -2.49. The number of likely N-dealkylation sites (N-methyl/N-ethyl adjacent to an activating group) is 2. The number of carbonyl (C=O) groups is 4. The fourth-order valence-corrected chi connectivity index (χ4v) is 13.1. The summed E-state index contributed by atoms with van der Waals surface area (Å²) in [6, 6.07) is -0.567. The van der Waals surface area contributed by atoms with Gasteiger partial charge < -0.3 is 39.5 Å². The Kier molecular flexibility index (Phi) is 64.2. The molecule has 2 atom stereocenters. The normalized spacial score (nSPS) is 12.6. The molecule has 0 saturated carbocycles. The van der Waals surface area contributed by atoms with Gasteiger partial charge in [-0.05, 0) is 123 Å². The molecule has 0 heterocycles. The summed E-state index contributed by atoms with van der Waals surface area (Å²) in [7, 11) is 5.58.